The van der Waals surface area contributed by atoms with Crippen molar-refractivity contribution in [3.05, 3.63) is 12.2 Å². The minimum atomic E-state index is -0.462. The van der Waals surface area contributed by atoms with Gasteiger partial charge >= 0.3 is 0 Å². The molecule has 2 N–H and O–H groups in total. The molecule has 1 aliphatic heterocycles. The molecule has 0 radical (unpaired) electrons. The van der Waals surface area contributed by atoms with Gasteiger partial charge in [0.25, 0.3) is 0 Å². The molecule has 4 fully saturated rings. The van der Waals surface area contributed by atoms with E-state index >= 15 is 0 Å². The lowest BCUT2D eigenvalue weighted by molar-refractivity contribution is -0.387. The van der Waals surface area contributed by atoms with Crippen LogP contribution in [0.2, 0.25) is 0 Å². The highest BCUT2D eigenvalue weighted by Crippen LogP contribution is 2.70. The second kappa shape index (κ2) is 8.02. The molecule has 0 aromatic rings. The largest absolute Gasteiger partial charge is 0.393 e. The number of fused-ring (bicyclic) bond motifs is 2. The van der Waals surface area contributed by atoms with E-state index in [4.69, 9.17) is 9.47 Å². The smallest absolute Gasteiger partial charge is 0.177 e. The first kappa shape index (κ1) is 20.8. The zero-order valence-electron chi connectivity index (χ0n) is 18.0. The minimum Gasteiger partial charge on any atom is -0.393 e. The summed E-state index contributed by atoms with van der Waals surface area (Å²) < 4.78 is 12.6. The molecule has 0 bridgehead atoms. The van der Waals surface area contributed by atoms with Gasteiger partial charge in [-0.05, 0) is 49.9 Å². The van der Waals surface area contributed by atoms with Crippen LogP contribution in [0, 0.1) is 35.0 Å². The van der Waals surface area contributed by atoms with Gasteiger partial charge in [-0.3, -0.25) is 0 Å². The number of aliphatic hydroxyl groups excluding tert-OH is 2. The third-order valence-corrected chi connectivity index (χ3v) is 8.38. The van der Waals surface area contributed by atoms with Gasteiger partial charge < -0.3 is 19.7 Å². The van der Waals surface area contributed by atoms with Crippen molar-refractivity contribution in [1.82, 2.24) is 0 Å². The van der Waals surface area contributed by atoms with Crippen LogP contribution in [0.1, 0.15) is 72.1 Å². The number of hydrogen-bond donors (Lipinski definition) is 2. The van der Waals surface area contributed by atoms with Crippen molar-refractivity contribution in [3.63, 3.8) is 0 Å². The van der Waals surface area contributed by atoms with Crippen LogP contribution in [-0.4, -0.2) is 41.4 Å². The zero-order chi connectivity index (χ0) is 19.9. The number of ether oxygens (including phenoxy) is 2. The standard InChI is InChI=1S/C24H40O4/c1-16(2)15-19-22-18(9-10-20(25)17-7-5-4-6-8-17)21(26)11-12-23(22,3)24(19)27-13-14-28-24/h9-10,16-22,25-26H,4-8,11-15H2,1-3H3/b10-9+/t18-,19?,20+,21+,22-,23-/m0/s1. The van der Waals surface area contributed by atoms with Crippen molar-refractivity contribution < 1.29 is 19.7 Å². The number of aliphatic hydroxyl groups is 2. The average molecular weight is 393 g/mol. The second-order valence-corrected chi connectivity index (χ2v) is 10.5. The Morgan fingerprint density at radius 3 is 2.39 bits per heavy atom. The fourth-order valence-electron chi connectivity index (χ4n) is 7.06. The third kappa shape index (κ3) is 3.29. The summed E-state index contributed by atoms with van der Waals surface area (Å²) in [6, 6.07) is 0. The molecule has 6 atom stereocenters. The zero-order valence-corrected chi connectivity index (χ0v) is 18.0. The van der Waals surface area contributed by atoms with Crippen molar-refractivity contribution in [2.24, 2.45) is 35.0 Å². The van der Waals surface area contributed by atoms with Gasteiger partial charge in [-0.2, -0.15) is 0 Å². The molecule has 3 saturated carbocycles. The topological polar surface area (TPSA) is 58.9 Å². The van der Waals surface area contributed by atoms with Crippen LogP contribution in [0.3, 0.4) is 0 Å². The van der Waals surface area contributed by atoms with E-state index in [2.05, 4.69) is 26.8 Å². The Labute approximate surface area is 170 Å². The minimum absolute atomic E-state index is 0.0485. The van der Waals surface area contributed by atoms with Gasteiger partial charge in [0.1, 0.15) is 0 Å². The SMILES string of the molecule is CC(C)CC1[C@@H]2[C@@H](/C=C/[C@@H](O)C3CCCCC3)[C@H](O)CC[C@]2(C)C12OCCO2. The van der Waals surface area contributed by atoms with Crippen LogP contribution in [0.5, 0.6) is 0 Å². The molecule has 0 aromatic carbocycles. The van der Waals surface area contributed by atoms with Crippen LogP contribution >= 0.6 is 0 Å². The fraction of sp³-hybridized carbons (Fsp3) is 0.917. The van der Waals surface area contributed by atoms with Crippen molar-refractivity contribution >= 4 is 0 Å². The Hall–Kier alpha value is -0.420. The average Bonchev–Trinajstić information content (AvgIpc) is 3.20. The third-order valence-electron chi connectivity index (χ3n) is 8.38. The summed E-state index contributed by atoms with van der Waals surface area (Å²) in [4.78, 5) is 0. The summed E-state index contributed by atoms with van der Waals surface area (Å²) >= 11 is 0. The monoisotopic (exact) mass is 392 g/mol. The van der Waals surface area contributed by atoms with Gasteiger partial charge in [-0.15, -0.1) is 0 Å². The van der Waals surface area contributed by atoms with E-state index in [0.717, 1.165) is 32.1 Å². The van der Waals surface area contributed by atoms with Crippen LogP contribution in [0.15, 0.2) is 12.2 Å². The van der Waals surface area contributed by atoms with Crippen LogP contribution < -0.4 is 0 Å². The molecule has 1 heterocycles. The lowest BCUT2D eigenvalue weighted by atomic mass is 9.40. The molecule has 4 heteroatoms. The maximum absolute atomic E-state index is 10.9. The van der Waals surface area contributed by atoms with Crippen molar-refractivity contribution in [1.29, 1.82) is 0 Å². The maximum atomic E-state index is 10.9. The molecule has 0 aromatic heterocycles. The molecular formula is C24H40O4. The van der Waals surface area contributed by atoms with Gasteiger partial charge in [0.15, 0.2) is 5.79 Å². The fourth-order valence-corrected chi connectivity index (χ4v) is 7.06. The molecule has 0 amide bonds. The molecule has 160 valence electrons. The predicted molar refractivity (Wildman–Crippen MR) is 110 cm³/mol. The van der Waals surface area contributed by atoms with Gasteiger partial charge in [0, 0.05) is 17.3 Å². The number of rotatable bonds is 5. The summed E-state index contributed by atoms with van der Waals surface area (Å²) in [6.45, 7) is 8.19. The van der Waals surface area contributed by atoms with Crippen LogP contribution in [0.4, 0.5) is 0 Å². The first-order chi connectivity index (χ1) is 13.4. The maximum Gasteiger partial charge on any atom is 0.177 e. The van der Waals surface area contributed by atoms with Gasteiger partial charge in [0.2, 0.25) is 0 Å². The summed E-state index contributed by atoms with van der Waals surface area (Å²) in [5.74, 6) is 1.24. The molecule has 4 rings (SSSR count). The highest BCUT2D eigenvalue weighted by Gasteiger charge is 2.75. The predicted octanol–water partition coefficient (Wildman–Crippen LogP) is 4.30. The Bertz CT molecular complexity index is 561. The highest BCUT2D eigenvalue weighted by atomic mass is 16.7. The van der Waals surface area contributed by atoms with E-state index in [1.54, 1.807) is 0 Å². The summed E-state index contributed by atoms with van der Waals surface area (Å²) in [5.41, 5.74) is -0.0485. The van der Waals surface area contributed by atoms with E-state index in [1.165, 1.54) is 19.3 Å². The van der Waals surface area contributed by atoms with Gasteiger partial charge in [0.05, 0.1) is 25.4 Å². The summed E-state index contributed by atoms with van der Waals surface area (Å²) in [7, 11) is 0. The van der Waals surface area contributed by atoms with Gasteiger partial charge in [-0.25, -0.2) is 0 Å². The van der Waals surface area contributed by atoms with Gasteiger partial charge in [-0.1, -0.05) is 52.2 Å². The van der Waals surface area contributed by atoms with E-state index in [0.29, 0.717) is 36.9 Å². The first-order valence-electron chi connectivity index (χ1n) is 11.7. The van der Waals surface area contributed by atoms with Crippen LogP contribution in [0.25, 0.3) is 0 Å². The highest BCUT2D eigenvalue weighted by molar-refractivity contribution is 5.21. The molecular weight excluding hydrogens is 352 g/mol. The lowest BCUT2D eigenvalue weighted by Gasteiger charge is -2.69. The summed E-state index contributed by atoms with van der Waals surface area (Å²) in [5, 5.41) is 21.6. The molecule has 1 spiro atoms. The second-order valence-electron chi connectivity index (χ2n) is 10.5. The van der Waals surface area contributed by atoms with E-state index < -0.39 is 5.79 Å². The van der Waals surface area contributed by atoms with Crippen LogP contribution in [-0.2, 0) is 9.47 Å². The number of hydrogen-bond acceptors (Lipinski definition) is 4. The Kier molecular flexibility index (Phi) is 5.97. The normalized spacial score (nSPS) is 42.1. The molecule has 1 saturated heterocycles. The van der Waals surface area contributed by atoms with E-state index in [1.807, 2.05) is 6.08 Å². The Balaban J connectivity index is 1.55. The van der Waals surface area contributed by atoms with Crippen molar-refractivity contribution in [2.45, 2.75) is 90.1 Å². The molecule has 4 nitrogen and oxygen atoms in total. The molecule has 1 unspecified atom stereocenters. The van der Waals surface area contributed by atoms with Crippen molar-refractivity contribution in [2.75, 3.05) is 13.2 Å². The Morgan fingerprint density at radius 1 is 1.07 bits per heavy atom. The molecule has 3 aliphatic carbocycles. The quantitative estimate of drug-likeness (QED) is 0.685. The molecule has 4 aliphatic rings. The Morgan fingerprint density at radius 2 is 1.75 bits per heavy atom. The van der Waals surface area contributed by atoms with E-state index in [9.17, 15) is 10.2 Å². The van der Waals surface area contributed by atoms with Crippen molar-refractivity contribution in [3.8, 4) is 0 Å². The lowest BCUT2D eigenvalue weighted by Crippen LogP contribution is -2.74. The first-order valence-corrected chi connectivity index (χ1v) is 11.7. The van der Waals surface area contributed by atoms with E-state index in [-0.39, 0.29) is 23.5 Å². The molecule has 28 heavy (non-hydrogen) atoms. The summed E-state index contributed by atoms with van der Waals surface area (Å²) in [6.07, 6.45) is 12.2.